The fraction of sp³-hybridized carbons (Fsp3) is 0.636. The minimum absolute atomic E-state index is 0.0973. The highest BCUT2D eigenvalue weighted by molar-refractivity contribution is 14.1. The van der Waals surface area contributed by atoms with Crippen LogP contribution < -0.4 is 5.73 Å². The smallest absolute Gasteiger partial charge is 0.159 e. The third-order valence-electron chi connectivity index (χ3n) is 2.23. The largest absolute Gasteiger partial charge is 0.383 e. The molecule has 2 N–H and O–H groups in total. The predicted octanol–water partition coefficient (Wildman–Crippen LogP) is 2.71. The molecule has 0 radical (unpaired) electrons. The number of aryl methyl sites for hydroxylation is 1. The summed E-state index contributed by atoms with van der Waals surface area (Å²) in [4.78, 5) is 8.79. The highest BCUT2D eigenvalue weighted by Crippen LogP contribution is 2.21. The SMILES string of the molecule is CCCc1nc(C(C)OCC)nc(N)c1I. The predicted molar refractivity (Wildman–Crippen MR) is 73.2 cm³/mol. The Morgan fingerprint density at radius 2 is 2.06 bits per heavy atom. The van der Waals surface area contributed by atoms with Crippen LogP contribution in [-0.4, -0.2) is 16.6 Å². The zero-order chi connectivity index (χ0) is 12.1. The van der Waals surface area contributed by atoms with Crippen LogP contribution in [0.2, 0.25) is 0 Å². The van der Waals surface area contributed by atoms with Crippen molar-refractivity contribution in [2.75, 3.05) is 12.3 Å². The van der Waals surface area contributed by atoms with Crippen molar-refractivity contribution in [3.63, 3.8) is 0 Å². The quantitative estimate of drug-likeness (QED) is 0.841. The maximum Gasteiger partial charge on any atom is 0.159 e. The average molecular weight is 335 g/mol. The van der Waals surface area contributed by atoms with Crippen LogP contribution in [0.1, 0.15) is 44.8 Å². The molecule has 0 aliphatic carbocycles. The normalized spacial score (nSPS) is 12.8. The lowest BCUT2D eigenvalue weighted by atomic mass is 10.2. The number of nitrogen functional groups attached to an aromatic ring is 1. The molecule has 0 aliphatic rings. The molecule has 0 amide bonds. The van der Waals surface area contributed by atoms with Gasteiger partial charge in [0, 0.05) is 6.61 Å². The summed E-state index contributed by atoms with van der Waals surface area (Å²) >= 11 is 2.20. The van der Waals surface area contributed by atoms with Crippen LogP contribution in [0.25, 0.3) is 0 Å². The van der Waals surface area contributed by atoms with Crippen LogP contribution in [0.3, 0.4) is 0 Å². The Balaban J connectivity index is 3.03. The van der Waals surface area contributed by atoms with E-state index in [1.54, 1.807) is 0 Å². The van der Waals surface area contributed by atoms with Gasteiger partial charge in [-0.25, -0.2) is 9.97 Å². The molecule has 1 atom stereocenters. The Bertz CT molecular complexity index is 357. The molecule has 4 nitrogen and oxygen atoms in total. The Labute approximate surface area is 110 Å². The van der Waals surface area contributed by atoms with E-state index >= 15 is 0 Å². The number of ether oxygens (including phenoxy) is 1. The summed E-state index contributed by atoms with van der Waals surface area (Å²) in [5.74, 6) is 1.24. The van der Waals surface area contributed by atoms with Gasteiger partial charge in [-0.05, 0) is 42.9 Å². The molecule has 1 rings (SSSR count). The molecule has 0 spiro atoms. The zero-order valence-corrected chi connectivity index (χ0v) is 12.1. The molecule has 0 aliphatic heterocycles. The van der Waals surface area contributed by atoms with Crippen LogP contribution in [0.4, 0.5) is 5.82 Å². The Hall–Kier alpha value is -0.430. The number of nitrogens with zero attached hydrogens (tertiary/aromatic N) is 2. The first-order chi connectivity index (χ1) is 7.60. The third kappa shape index (κ3) is 3.28. The monoisotopic (exact) mass is 335 g/mol. The number of aromatic nitrogens is 2. The standard InChI is InChI=1S/C11H18IN3O/c1-4-6-8-9(12)10(13)15-11(14-8)7(3)16-5-2/h7H,4-6H2,1-3H3,(H2,13,14,15). The first kappa shape index (κ1) is 13.6. The second-order valence-electron chi connectivity index (χ2n) is 3.58. The van der Waals surface area contributed by atoms with Gasteiger partial charge in [-0.2, -0.15) is 0 Å². The van der Waals surface area contributed by atoms with Crippen molar-refractivity contribution in [1.82, 2.24) is 9.97 Å². The van der Waals surface area contributed by atoms with Gasteiger partial charge in [0.1, 0.15) is 11.9 Å². The zero-order valence-electron chi connectivity index (χ0n) is 9.96. The van der Waals surface area contributed by atoms with Crippen LogP contribution >= 0.6 is 22.6 Å². The summed E-state index contributed by atoms with van der Waals surface area (Å²) in [5, 5.41) is 0. The van der Waals surface area contributed by atoms with Crippen LogP contribution in [0.5, 0.6) is 0 Å². The number of anilines is 1. The second-order valence-corrected chi connectivity index (χ2v) is 4.65. The van der Waals surface area contributed by atoms with Gasteiger partial charge in [-0.3, -0.25) is 0 Å². The molecular formula is C11H18IN3O. The Morgan fingerprint density at radius 1 is 1.38 bits per heavy atom. The minimum atomic E-state index is -0.0973. The van der Waals surface area contributed by atoms with E-state index in [1.807, 2.05) is 13.8 Å². The molecule has 0 aromatic carbocycles. The van der Waals surface area contributed by atoms with E-state index in [4.69, 9.17) is 10.5 Å². The summed E-state index contributed by atoms with van der Waals surface area (Å²) in [6.07, 6.45) is 1.88. The Morgan fingerprint density at radius 3 is 2.62 bits per heavy atom. The lowest BCUT2D eigenvalue weighted by Crippen LogP contribution is -2.11. The third-order valence-corrected chi connectivity index (χ3v) is 3.41. The lowest BCUT2D eigenvalue weighted by molar-refractivity contribution is 0.0699. The summed E-state index contributed by atoms with van der Waals surface area (Å²) in [6, 6.07) is 0. The van der Waals surface area contributed by atoms with E-state index < -0.39 is 0 Å². The van der Waals surface area contributed by atoms with Gasteiger partial charge < -0.3 is 10.5 Å². The van der Waals surface area contributed by atoms with Crippen molar-refractivity contribution in [1.29, 1.82) is 0 Å². The van der Waals surface area contributed by atoms with Gasteiger partial charge in [0.2, 0.25) is 0 Å². The summed E-state index contributed by atoms with van der Waals surface area (Å²) in [5.41, 5.74) is 6.90. The number of nitrogens with two attached hydrogens (primary N) is 1. The van der Waals surface area contributed by atoms with E-state index in [1.165, 1.54) is 0 Å². The van der Waals surface area contributed by atoms with Crippen molar-refractivity contribution in [2.45, 2.75) is 39.7 Å². The van der Waals surface area contributed by atoms with E-state index in [9.17, 15) is 0 Å². The van der Waals surface area contributed by atoms with Crippen molar-refractivity contribution in [3.8, 4) is 0 Å². The van der Waals surface area contributed by atoms with Crippen molar-refractivity contribution in [3.05, 3.63) is 15.1 Å². The summed E-state index contributed by atoms with van der Waals surface area (Å²) in [6.45, 7) is 6.68. The van der Waals surface area contributed by atoms with Gasteiger partial charge in [-0.15, -0.1) is 0 Å². The highest BCUT2D eigenvalue weighted by atomic mass is 127. The molecule has 0 bridgehead atoms. The van der Waals surface area contributed by atoms with E-state index in [0.29, 0.717) is 18.2 Å². The lowest BCUT2D eigenvalue weighted by Gasteiger charge is -2.13. The second kappa shape index (κ2) is 6.34. The summed E-state index contributed by atoms with van der Waals surface area (Å²) in [7, 11) is 0. The van der Waals surface area contributed by atoms with Crippen LogP contribution in [0.15, 0.2) is 0 Å². The number of rotatable bonds is 5. The maximum atomic E-state index is 5.87. The highest BCUT2D eigenvalue weighted by Gasteiger charge is 2.14. The van der Waals surface area contributed by atoms with Gasteiger partial charge >= 0.3 is 0 Å². The van der Waals surface area contributed by atoms with Gasteiger partial charge in [0.05, 0.1) is 9.26 Å². The van der Waals surface area contributed by atoms with Gasteiger partial charge in [0.15, 0.2) is 5.82 Å². The molecular weight excluding hydrogens is 317 g/mol. The molecule has 1 aromatic rings. The first-order valence-corrected chi connectivity index (χ1v) is 6.61. The van der Waals surface area contributed by atoms with Gasteiger partial charge in [0.25, 0.3) is 0 Å². The topological polar surface area (TPSA) is 61.0 Å². The molecule has 0 fully saturated rings. The minimum Gasteiger partial charge on any atom is -0.383 e. The van der Waals surface area contributed by atoms with Gasteiger partial charge in [-0.1, -0.05) is 13.3 Å². The van der Waals surface area contributed by atoms with E-state index in [-0.39, 0.29) is 6.10 Å². The van der Waals surface area contributed by atoms with E-state index in [2.05, 4.69) is 39.5 Å². The van der Waals surface area contributed by atoms with E-state index in [0.717, 1.165) is 22.1 Å². The molecule has 1 unspecified atom stereocenters. The fourth-order valence-electron chi connectivity index (χ4n) is 1.44. The number of hydrogen-bond donors (Lipinski definition) is 1. The number of hydrogen-bond acceptors (Lipinski definition) is 4. The van der Waals surface area contributed by atoms with Crippen molar-refractivity contribution < 1.29 is 4.74 Å². The molecule has 5 heteroatoms. The van der Waals surface area contributed by atoms with Crippen molar-refractivity contribution in [2.24, 2.45) is 0 Å². The molecule has 0 saturated carbocycles. The molecule has 1 aromatic heterocycles. The summed E-state index contributed by atoms with van der Waals surface area (Å²) < 4.78 is 6.44. The fourth-order valence-corrected chi connectivity index (χ4v) is 1.95. The molecule has 0 saturated heterocycles. The molecule has 1 heterocycles. The van der Waals surface area contributed by atoms with Crippen LogP contribution in [-0.2, 0) is 11.2 Å². The molecule has 16 heavy (non-hydrogen) atoms. The van der Waals surface area contributed by atoms with Crippen molar-refractivity contribution >= 4 is 28.4 Å². The number of halogens is 1. The average Bonchev–Trinajstić information content (AvgIpc) is 2.25. The first-order valence-electron chi connectivity index (χ1n) is 5.53. The molecule has 90 valence electrons. The van der Waals surface area contributed by atoms with Crippen LogP contribution in [0, 0.1) is 3.57 Å². The maximum absolute atomic E-state index is 5.87. The Kier molecular flexibility index (Phi) is 5.40.